The lowest BCUT2D eigenvalue weighted by Gasteiger charge is -2.18. The van der Waals surface area contributed by atoms with Crippen molar-refractivity contribution in [1.29, 1.82) is 0 Å². The predicted octanol–water partition coefficient (Wildman–Crippen LogP) is 3.89. The molecular formula is C22H19NO3. The molecule has 0 bridgehead atoms. The number of pyridine rings is 1. The van der Waals surface area contributed by atoms with Gasteiger partial charge in [0.1, 0.15) is 5.75 Å². The number of aromatic nitrogens is 1. The SMILES string of the molecule is O=C(Cc1ccc2c(c1)CCO2)O[C@@H](c1ccccc1)c1ccccn1. The molecule has 0 N–H and O–H groups in total. The number of hydrogen-bond donors (Lipinski definition) is 0. The number of benzene rings is 2. The fourth-order valence-electron chi connectivity index (χ4n) is 3.15. The molecule has 4 heteroatoms. The summed E-state index contributed by atoms with van der Waals surface area (Å²) in [6.45, 7) is 0.707. The van der Waals surface area contributed by atoms with E-state index in [1.165, 1.54) is 0 Å². The number of carbonyl (C=O) groups excluding carboxylic acids is 1. The summed E-state index contributed by atoms with van der Waals surface area (Å²) in [7, 11) is 0. The summed E-state index contributed by atoms with van der Waals surface area (Å²) < 4.78 is 11.3. The van der Waals surface area contributed by atoms with E-state index < -0.39 is 6.10 Å². The van der Waals surface area contributed by atoms with E-state index in [9.17, 15) is 4.79 Å². The van der Waals surface area contributed by atoms with Crippen molar-refractivity contribution in [1.82, 2.24) is 4.98 Å². The molecule has 0 saturated heterocycles. The highest BCUT2D eigenvalue weighted by Gasteiger charge is 2.21. The molecule has 0 aliphatic carbocycles. The molecule has 0 amide bonds. The van der Waals surface area contributed by atoms with Gasteiger partial charge in [-0.25, -0.2) is 0 Å². The topological polar surface area (TPSA) is 48.4 Å². The largest absolute Gasteiger partial charge is 0.493 e. The molecule has 2 aromatic carbocycles. The van der Waals surface area contributed by atoms with Crippen molar-refractivity contribution in [2.24, 2.45) is 0 Å². The molecule has 2 heterocycles. The lowest BCUT2D eigenvalue weighted by atomic mass is 10.0. The number of fused-ring (bicyclic) bond motifs is 1. The minimum atomic E-state index is -0.511. The first-order valence-electron chi connectivity index (χ1n) is 8.69. The number of ether oxygens (including phenoxy) is 2. The van der Waals surface area contributed by atoms with Gasteiger partial charge in [-0.15, -0.1) is 0 Å². The Morgan fingerprint density at radius 2 is 1.92 bits per heavy atom. The molecule has 0 radical (unpaired) electrons. The van der Waals surface area contributed by atoms with Gasteiger partial charge in [-0.05, 0) is 34.9 Å². The number of carbonyl (C=O) groups is 1. The zero-order valence-electron chi connectivity index (χ0n) is 14.3. The predicted molar refractivity (Wildman–Crippen MR) is 98.0 cm³/mol. The molecule has 0 fully saturated rings. The molecule has 26 heavy (non-hydrogen) atoms. The van der Waals surface area contributed by atoms with E-state index in [0.29, 0.717) is 6.61 Å². The third-order valence-electron chi connectivity index (χ3n) is 4.41. The Labute approximate surface area is 152 Å². The van der Waals surface area contributed by atoms with Gasteiger partial charge in [-0.2, -0.15) is 0 Å². The molecular weight excluding hydrogens is 326 g/mol. The van der Waals surface area contributed by atoms with Crippen LogP contribution >= 0.6 is 0 Å². The van der Waals surface area contributed by atoms with Crippen LogP contribution in [-0.2, 0) is 22.4 Å². The van der Waals surface area contributed by atoms with Crippen LogP contribution in [0, 0.1) is 0 Å². The van der Waals surface area contributed by atoms with Gasteiger partial charge in [0.25, 0.3) is 0 Å². The van der Waals surface area contributed by atoms with Gasteiger partial charge in [0.2, 0.25) is 0 Å². The van der Waals surface area contributed by atoms with Gasteiger partial charge in [-0.1, -0.05) is 48.5 Å². The van der Waals surface area contributed by atoms with Gasteiger partial charge < -0.3 is 9.47 Å². The molecule has 4 nitrogen and oxygen atoms in total. The maximum Gasteiger partial charge on any atom is 0.311 e. The third kappa shape index (κ3) is 3.59. The van der Waals surface area contributed by atoms with E-state index in [1.807, 2.05) is 66.7 Å². The molecule has 4 rings (SSSR count). The Morgan fingerprint density at radius 1 is 1.08 bits per heavy atom. The van der Waals surface area contributed by atoms with Crippen molar-refractivity contribution >= 4 is 5.97 Å². The quantitative estimate of drug-likeness (QED) is 0.658. The van der Waals surface area contributed by atoms with Crippen molar-refractivity contribution in [3.63, 3.8) is 0 Å². The van der Waals surface area contributed by atoms with E-state index >= 15 is 0 Å². The van der Waals surface area contributed by atoms with Crippen LogP contribution in [0.5, 0.6) is 5.75 Å². The average molecular weight is 345 g/mol. The van der Waals surface area contributed by atoms with Crippen LogP contribution in [-0.4, -0.2) is 17.6 Å². The standard InChI is InChI=1S/C22H19NO3/c24-21(15-16-9-10-20-18(14-16)11-13-25-20)26-22(17-6-2-1-3-7-17)19-8-4-5-12-23-19/h1-10,12,14,22H,11,13,15H2/t22-/m0/s1. The summed E-state index contributed by atoms with van der Waals surface area (Å²) in [4.78, 5) is 17.0. The Bertz CT molecular complexity index is 854. The normalized spacial score (nSPS) is 13.5. The van der Waals surface area contributed by atoms with Crippen LogP contribution < -0.4 is 4.74 Å². The van der Waals surface area contributed by atoms with Crippen LogP contribution in [0.3, 0.4) is 0 Å². The highest BCUT2D eigenvalue weighted by molar-refractivity contribution is 5.73. The molecule has 1 aromatic heterocycles. The first-order chi connectivity index (χ1) is 12.8. The minimum absolute atomic E-state index is 0.226. The van der Waals surface area contributed by atoms with Crippen LogP contribution in [0.25, 0.3) is 0 Å². The van der Waals surface area contributed by atoms with E-state index in [4.69, 9.17) is 9.47 Å². The second-order valence-corrected chi connectivity index (χ2v) is 6.25. The Morgan fingerprint density at radius 3 is 2.73 bits per heavy atom. The minimum Gasteiger partial charge on any atom is -0.493 e. The molecule has 0 unspecified atom stereocenters. The number of hydrogen-bond acceptors (Lipinski definition) is 4. The number of esters is 1. The highest BCUT2D eigenvalue weighted by atomic mass is 16.5. The molecule has 0 spiro atoms. The number of rotatable bonds is 5. The van der Waals surface area contributed by atoms with Crippen molar-refractivity contribution < 1.29 is 14.3 Å². The van der Waals surface area contributed by atoms with Crippen LogP contribution in [0.2, 0.25) is 0 Å². The summed E-state index contributed by atoms with van der Waals surface area (Å²) in [5, 5.41) is 0. The smallest absolute Gasteiger partial charge is 0.311 e. The second-order valence-electron chi connectivity index (χ2n) is 6.25. The fraction of sp³-hybridized carbons (Fsp3) is 0.182. The van der Waals surface area contributed by atoms with Crippen molar-refractivity contribution in [2.75, 3.05) is 6.61 Å². The lowest BCUT2D eigenvalue weighted by molar-refractivity contribution is -0.146. The van der Waals surface area contributed by atoms with E-state index in [0.717, 1.165) is 34.6 Å². The molecule has 1 aliphatic heterocycles. The average Bonchev–Trinajstić information content (AvgIpc) is 3.15. The first kappa shape index (κ1) is 16.3. The monoisotopic (exact) mass is 345 g/mol. The second kappa shape index (κ2) is 7.40. The molecule has 0 saturated carbocycles. The maximum atomic E-state index is 12.6. The van der Waals surface area contributed by atoms with Gasteiger partial charge in [0.15, 0.2) is 6.10 Å². The van der Waals surface area contributed by atoms with Gasteiger partial charge in [0, 0.05) is 12.6 Å². The Balaban J connectivity index is 1.53. The van der Waals surface area contributed by atoms with E-state index in [1.54, 1.807) is 6.20 Å². The van der Waals surface area contributed by atoms with Crippen LogP contribution in [0.1, 0.15) is 28.5 Å². The summed E-state index contributed by atoms with van der Waals surface area (Å²) in [6.07, 6.45) is 2.31. The summed E-state index contributed by atoms with van der Waals surface area (Å²) >= 11 is 0. The fourth-order valence-corrected chi connectivity index (χ4v) is 3.15. The van der Waals surface area contributed by atoms with Gasteiger partial charge in [-0.3, -0.25) is 9.78 Å². The molecule has 130 valence electrons. The maximum absolute atomic E-state index is 12.6. The number of nitrogens with zero attached hydrogens (tertiary/aromatic N) is 1. The van der Waals surface area contributed by atoms with Crippen molar-refractivity contribution in [2.45, 2.75) is 18.9 Å². The van der Waals surface area contributed by atoms with E-state index in [-0.39, 0.29) is 12.4 Å². The Kier molecular flexibility index (Phi) is 4.65. The van der Waals surface area contributed by atoms with Gasteiger partial charge in [0.05, 0.1) is 18.7 Å². The van der Waals surface area contributed by atoms with Gasteiger partial charge >= 0.3 is 5.97 Å². The Hall–Kier alpha value is -3.14. The highest BCUT2D eigenvalue weighted by Crippen LogP contribution is 2.27. The zero-order chi connectivity index (χ0) is 17.8. The summed E-state index contributed by atoms with van der Waals surface area (Å²) in [6, 6.07) is 21.2. The zero-order valence-corrected chi connectivity index (χ0v) is 14.3. The summed E-state index contributed by atoms with van der Waals surface area (Å²) in [5.74, 6) is 0.640. The van der Waals surface area contributed by atoms with Crippen molar-refractivity contribution in [3.05, 3.63) is 95.3 Å². The lowest BCUT2D eigenvalue weighted by Crippen LogP contribution is -2.15. The van der Waals surface area contributed by atoms with Crippen LogP contribution in [0.15, 0.2) is 72.9 Å². The molecule has 1 atom stereocenters. The van der Waals surface area contributed by atoms with E-state index in [2.05, 4.69) is 4.98 Å². The summed E-state index contributed by atoms with van der Waals surface area (Å²) in [5.41, 5.74) is 3.71. The van der Waals surface area contributed by atoms with Crippen molar-refractivity contribution in [3.8, 4) is 5.75 Å². The molecule has 1 aliphatic rings. The third-order valence-corrected chi connectivity index (χ3v) is 4.41. The molecule has 3 aromatic rings. The first-order valence-corrected chi connectivity index (χ1v) is 8.69. The van der Waals surface area contributed by atoms with Crippen LogP contribution in [0.4, 0.5) is 0 Å².